The molecule has 0 saturated carbocycles. The van der Waals surface area contributed by atoms with E-state index >= 15 is 0 Å². The Kier molecular flexibility index (Phi) is 7.37. The minimum Gasteiger partial charge on any atom is -0.355 e. The van der Waals surface area contributed by atoms with Crippen LogP contribution in [0.5, 0.6) is 0 Å². The zero-order valence-electron chi connectivity index (χ0n) is 8.62. The Balaban J connectivity index is 0. The average Bonchev–Trinajstić information content (AvgIpc) is 2.09. The maximum atomic E-state index is 10.4. The summed E-state index contributed by atoms with van der Waals surface area (Å²) in [6.45, 7) is 12.7. The van der Waals surface area contributed by atoms with Crippen molar-refractivity contribution in [3.8, 4) is 0 Å². The van der Waals surface area contributed by atoms with Gasteiger partial charge in [-0.2, -0.15) is 0 Å². The standard InChI is InChI=1S/C5H9NO.2C2H6/c1-5(2)3-6-4(5)7;2*1-2/h3H2,1-2H3,(H,6,7);2*1-2H3. The molecule has 11 heavy (non-hydrogen) atoms. The first-order chi connectivity index (χ1) is 5.13. The summed E-state index contributed by atoms with van der Waals surface area (Å²) in [7, 11) is 0. The van der Waals surface area contributed by atoms with Gasteiger partial charge in [0.25, 0.3) is 0 Å². The van der Waals surface area contributed by atoms with E-state index < -0.39 is 0 Å². The van der Waals surface area contributed by atoms with Crippen molar-refractivity contribution in [3.63, 3.8) is 0 Å². The van der Waals surface area contributed by atoms with Crippen LogP contribution in [-0.2, 0) is 4.79 Å². The summed E-state index contributed by atoms with van der Waals surface area (Å²) < 4.78 is 0. The summed E-state index contributed by atoms with van der Waals surface area (Å²) in [5, 5.41) is 2.66. The maximum Gasteiger partial charge on any atom is 0.227 e. The second-order valence-electron chi connectivity index (χ2n) is 2.57. The Hall–Kier alpha value is -0.530. The normalized spacial score (nSPS) is 17.5. The molecule has 0 spiro atoms. The molecule has 0 aromatic carbocycles. The molecule has 0 unspecified atom stereocenters. The van der Waals surface area contributed by atoms with Gasteiger partial charge in [-0.05, 0) is 13.8 Å². The average molecular weight is 159 g/mol. The number of hydrogen-bond acceptors (Lipinski definition) is 1. The Bertz CT molecular complexity index is 108. The van der Waals surface area contributed by atoms with Crippen molar-refractivity contribution >= 4 is 5.91 Å². The Labute approximate surface area is 70.4 Å². The Morgan fingerprint density at radius 1 is 1.18 bits per heavy atom. The van der Waals surface area contributed by atoms with Gasteiger partial charge in [0.05, 0.1) is 5.41 Å². The zero-order valence-corrected chi connectivity index (χ0v) is 8.62. The van der Waals surface area contributed by atoms with Crippen molar-refractivity contribution in [2.75, 3.05) is 6.54 Å². The third kappa shape index (κ3) is 4.02. The van der Waals surface area contributed by atoms with E-state index in [-0.39, 0.29) is 11.3 Å². The van der Waals surface area contributed by atoms with Crippen LogP contribution >= 0.6 is 0 Å². The largest absolute Gasteiger partial charge is 0.355 e. The third-order valence-electron chi connectivity index (χ3n) is 1.31. The minimum absolute atomic E-state index is 0.0694. The summed E-state index contributed by atoms with van der Waals surface area (Å²) >= 11 is 0. The number of carbonyl (C=O) groups excluding carboxylic acids is 1. The highest BCUT2D eigenvalue weighted by molar-refractivity contribution is 5.87. The molecule has 0 aromatic heterocycles. The van der Waals surface area contributed by atoms with Crippen molar-refractivity contribution < 1.29 is 4.79 Å². The molecule has 0 radical (unpaired) electrons. The van der Waals surface area contributed by atoms with Crippen LogP contribution in [0.3, 0.4) is 0 Å². The first kappa shape index (κ1) is 13.1. The van der Waals surface area contributed by atoms with E-state index in [0.29, 0.717) is 0 Å². The molecule has 0 atom stereocenters. The number of carbonyl (C=O) groups is 1. The van der Waals surface area contributed by atoms with Crippen molar-refractivity contribution in [1.29, 1.82) is 0 Å². The van der Waals surface area contributed by atoms with Crippen LogP contribution in [0.15, 0.2) is 0 Å². The molecule has 1 heterocycles. The van der Waals surface area contributed by atoms with Gasteiger partial charge in [-0.25, -0.2) is 0 Å². The molecule has 1 N–H and O–H groups in total. The van der Waals surface area contributed by atoms with Gasteiger partial charge in [-0.1, -0.05) is 27.7 Å². The molecular formula is C9H21NO. The second-order valence-corrected chi connectivity index (χ2v) is 2.57. The van der Waals surface area contributed by atoms with Crippen LogP contribution in [0.25, 0.3) is 0 Å². The predicted octanol–water partition coefficient (Wildman–Crippen LogP) is 2.19. The second kappa shape index (κ2) is 6.20. The smallest absolute Gasteiger partial charge is 0.227 e. The molecule has 1 saturated heterocycles. The number of amides is 1. The fourth-order valence-corrected chi connectivity index (χ4v) is 0.514. The van der Waals surface area contributed by atoms with Gasteiger partial charge in [-0.3, -0.25) is 4.79 Å². The maximum absolute atomic E-state index is 10.4. The van der Waals surface area contributed by atoms with Gasteiger partial charge in [0.2, 0.25) is 5.91 Å². The van der Waals surface area contributed by atoms with E-state index in [0.717, 1.165) is 6.54 Å². The van der Waals surface area contributed by atoms with Crippen LogP contribution in [0.2, 0.25) is 0 Å². The van der Waals surface area contributed by atoms with Crippen LogP contribution in [0.1, 0.15) is 41.5 Å². The summed E-state index contributed by atoms with van der Waals surface area (Å²) in [4.78, 5) is 10.4. The summed E-state index contributed by atoms with van der Waals surface area (Å²) in [5.41, 5.74) is -0.0694. The zero-order chi connectivity index (χ0) is 9.49. The topological polar surface area (TPSA) is 29.1 Å². The quantitative estimate of drug-likeness (QED) is 0.539. The highest BCUT2D eigenvalue weighted by atomic mass is 16.2. The molecule has 1 aliphatic heterocycles. The number of β-lactam (4-membered cyclic amide) rings is 1. The van der Waals surface area contributed by atoms with Gasteiger partial charge < -0.3 is 5.32 Å². The highest BCUT2D eigenvalue weighted by Crippen LogP contribution is 2.20. The van der Waals surface area contributed by atoms with Gasteiger partial charge >= 0.3 is 0 Å². The lowest BCUT2D eigenvalue weighted by atomic mass is 9.86. The molecule has 2 heteroatoms. The minimum atomic E-state index is -0.0694. The molecule has 1 amide bonds. The highest BCUT2D eigenvalue weighted by Gasteiger charge is 2.35. The van der Waals surface area contributed by atoms with Crippen molar-refractivity contribution in [2.24, 2.45) is 5.41 Å². The summed E-state index contributed by atoms with van der Waals surface area (Å²) in [6.07, 6.45) is 0. The first-order valence-corrected chi connectivity index (χ1v) is 4.41. The SMILES string of the molecule is CC.CC.CC1(C)CNC1=O. The Morgan fingerprint density at radius 2 is 1.45 bits per heavy atom. The Morgan fingerprint density at radius 3 is 1.45 bits per heavy atom. The number of rotatable bonds is 0. The third-order valence-corrected chi connectivity index (χ3v) is 1.31. The molecule has 1 fully saturated rings. The lowest BCUT2D eigenvalue weighted by molar-refractivity contribution is -0.137. The van der Waals surface area contributed by atoms with Gasteiger partial charge in [0.15, 0.2) is 0 Å². The van der Waals surface area contributed by atoms with Crippen LogP contribution in [-0.4, -0.2) is 12.5 Å². The van der Waals surface area contributed by atoms with Gasteiger partial charge in [0.1, 0.15) is 0 Å². The molecule has 2 nitrogen and oxygen atoms in total. The van der Waals surface area contributed by atoms with Crippen molar-refractivity contribution in [2.45, 2.75) is 41.5 Å². The summed E-state index contributed by atoms with van der Waals surface area (Å²) in [5.74, 6) is 0.174. The van der Waals surface area contributed by atoms with E-state index in [1.54, 1.807) is 0 Å². The lowest BCUT2D eigenvalue weighted by Crippen LogP contribution is -2.55. The van der Waals surface area contributed by atoms with E-state index in [4.69, 9.17) is 0 Å². The molecule has 0 aliphatic carbocycles. The monoisotopic (exact) mass is 159 g/mol. The molecule has 0 bridgehead atoms. The van der Waals surface area contributed by atoms with Crippen LogP contribution in [0.4, 0.5) is 0 Å². The van der Waals surface area contributed by atoms with E-state index in [2.05, 4.69) is 5.32 Å². The van der Waals surface area contributed by atoms with E-state index in [1.807, 2.05) is 41.5 Å². The van der Waals surface area contributed by atoms with Crippen molar-refractivity contribution in [3.05, 3.63) is 0 Å². The van der Waals surface area contributed by atoms with Crippen LogP contribution < -0.4 is 5.32 Å². The molecule has 0 aromatic rings. The van der Waals surface area contributed by atoms with Crippen molar-refractivity contribution in [1.82, 2.24) is 5.32 Å². The van der Waals surface area contributed by atoms with E-state index in [1.165, 1.54) is 0 Å². The fourth-order valence-electron chi connectivity index (χ4n) is 0.514. The van der Waals surface area contributed by atoms with Gasteiger partial charge in [-0.15, -0.1) is 0 Å². The molecular weight excluding hydrogens is 138 g/mol. The number of hydrogen-bond donors (Lipinski definition) is 1. The van der Waals surface area contributed by atoms with Gasteiger partial charge in [0, 0.05) is 6.54 Å². The first-order valence-electron chi connectivity index (χ1n) is 4.41. The van der Waals surface area contributed by atoms with Crippen LogP contribution in [0, 0.1) is 5.41 Å². The fraction of sp³-hybridized carbons (Fsp3) is 0.889. The lowest BCUT2D eigenvalue weighted by Gasteiger charge is -2.33. The molecule has 1 aliphatic rings. The molecule has 68 valence electrons. The van der Waals surface area contributed by atoms with E-state index in [9.17, 15) is 4.79 Å². The summed E-state index contributed by atoms with van der Waals surface area (Å²) in [6, 6.07) is 0. The number of nitrogens with one attached hydrogen (secondary N) is 1. The molecule has 1 rings (SSSR count). The predicted molar refractivity (Wildman–Crippen MR) is 49.5 cm³/mol.